The van der Waals surface area contributed by atoms with Gasteiger partial charge in [-0.05, 0) is 26.7 Å². The van der Waals surface area contributed by atoms with Gasteiger partial charge in [0.25, 0.3) is 0 Å². The fourth-order valence-corrected chi connectivity index (χ4v) is 2.88. The van der Waals surface area contributed by atoms with Crippen molar-refractivity contribution in [3.05, 3.63) is 23.8 Å². The van der Waals surface area contributed by atoms with E-state index in [2.05, 4.69) is 60.2 Å². The first-order chi connectivity index (χ1) is 7.59. The predicted octanol–water partition coefficient (Wildman–Crippen LogP) is 1.56. The second-order valence-corrected chi connectivity index (χ2v) is 5.02. The van der Waals surface area contributed by atoms with Crippen LogP contribution in [0.2, 0.25) is 0 Å². The van der Waals surface area contributed by atoms with Crippen molar-refractivity contribution in [1.82, 2.24) is 19.8 Å². The quantitative estimate of drug-likeness (QED) is 0.614. The van der Waals surface area contributed by atoms with E-state index < -0.39 is 0 Å². The van der Waals surface area contributed by atoms with Crippen LogP contribution in [0.3, 0.4) is 0 Å². The number of hydrazine groups is 1. The van der Waals surface area contributed by atoms with Crippen molar-refractivity contribution in [3.63, 3.8) is 0 Å². The van der Waals surface area contributed by atoms with Crippen molar-refractivity contribution >= 4 is 0 Å². The van der Waals surface area contributed by atoms with Gasteiger partial charge in [-0.1, -0.05) is 0 Å². The van der Waals surface area contributed by atoms with Gasteiger partial charge in [-0.25, -0.2) is 0 Å². The number of allylic oxidation sites excluding steroid dienone is 2. The minimum Gasteiger partial charge on any atom is -0.358 e. The van der Waals surface area contributed by atoms with Gasteiger partial charge >= 0.3 is 0 Å². The van der Waals surface area contributed by atoms with Crippen molar-refractivity contribution in [2.24, 2.45) is 0 Å². The summed E-state index contributed by atoms with van der Waals surface area (Å²) in [7, 11) is 4.31. The van der Waals surface area contributed by atoms with E-state index in [1.807, 2.05) is 0 Å². The van der Waals surface area contributed by atoms with Crippen molar-refractivity contribution in [1.29, 1.82) is 0 Å². The maximum absolute atomic E-state index is 2.45. The van der Waals surface area contributed by atoms with E-state index in [-0.39, 0.29) is 0 Å². The topological polar surface area (TPSA) is 13.0 Å². The van der Waals surface area contributed by atoms with E-state index in [0.717, 1.165) is 12.8 Å². The summed E-state index contributed by atoms with van der Waals surface area (Å²) in [6.07, 6.45) is 7.77. The molecule has 0 radical (unpaired) electrons. The van der Waals surface area contributed by atoms with Gasteiger partial charge < -0.3 is 9.80 Å². The van der Waals surface area contributed by atoms with Crippen LogP contribution in [-0.4, -0.2) is 46.2 Å². The van der Waals surface area contributed by atoms with Crippen molar-refractivity contribution in [2.75, 3.05) is 14.1 Å². The largest absolute Gasteiger partial charge is 0.358 e. The Morgan fingerprint density at radius 2 is 1.25 bits per heavy atom. The Morgan fingerprint density at radius 3 is 1.62 bits per heavy atom. The molecule has 3 rings (SSSR count). The van der Waals surface area contributed by atoms with Gasteiger partial charge in [-0.3, -0.25) is 10.0 Å². The van der Waals surface area contributed by atoms with E-state index >= 15 is 0 Å². The number of fused-ring (bicyclic) bond motifs is 3. The van der Waals surface area contributed by atoms with E-state index in [4.69, 9.17) is 0 Å². The highest BCUT2D eigenvalue weighted by atomic mass is 15.7. The number of hydrogen-bond donors (Lipinski definition) is 0. The summed E-state index contributed by atoms with van der Waals surface area (Å²) in [6, 6.07) is 0. The Kier molecular flexibility index (Phi) is 1.91. The maximum atomic E-state index is 2.45. The highest BCUT2D eigenvalue weighted by Crippen LogP contribution is 2.40. The van der Waals surface area contributed by atoms with Crippen LogP contribution >= 0.6 is 0 Å². The lowest BCUT2D eigenvalue weighted by Gasteiger charge is -2.45. The third-order valence-corrected chi connectivity index (χ3v) is 4.05. The molecule has 3 heterocycles. The van der Waals surface area contributed by atoms with Gasteiger partial charge in [0.2, 0.25) is 0 Å². The van der Waals surface area contributed by atoms with Gasteiger partial charge in [0.15, 0.2) is 0 Å². The molecule has 0 spiro atoms. The molecule has 3 aliphatic heterocycles. The number of rotatable bonds is 0. The monoisotopic (exact) mass is 220 g/mol. The third-order valence-electron chi connectivity index (χ3n) is 4.05. The molecule has 0 aromatic carbocycles. The van der Waals surface area contributed by atoms with Crippen LogP contribution < -0.4 is 0 Å². The summed E-state index contributed by atoms with van der Waals surface area (Å²) in [4.78, 5) is 4.59. The highest BCUT2D eigenvalue weighted by molar-refractivity contribution is 5.20. The second kappa shape index (κ2) is 3.09. The van der Waals surface area contributed by atoms with Crippen LogP contribution in [0.5, 0.6) is 0 Å². The minimum absolute atomic E-state index is 0.438. The Hall–Kier alpha value is -1.32. The molecular formula is C12H20N4. The molecule has 3 aliphatic rings. The summed E-state index contributed by atoms with van der Waals surface area (Å²) in [5, 5.41) is 4.90. The summed E-state index contributed by atoms with van der Waals surface area (Å²) < 4.78 is 0. The molecule has 0 saturated carbocycles. The van der Waals surface area contributed by atoms with E-state index in [1.54, 1.807) is 0 Å². The molecule has 0 aromatic rings. The highest BCUT2D eigenvalue weighted by Gasteiger charge is 2.41. The Bertz CT molecular complexity index is 337. The first-order valence-corrected chi connectivity index (χ1v) is 6.03. The number of nitrogens with zero attached hydrogens (tertiary/aromatic N) is 4. The smallest absolute Gasteiger partial charge is 0.117 e. The summed E-state index contributed by atoms with van der Waals surface area (Å²) in [5.74, 6) is 0. The minimum atomic E-state index is 0.438. The fourth-order valence-electron chi connectivity index (χ4n) is 2.88. The lowest BCUT2D eigenvalue weighted by atomic mass is 10.1. The maximum Gasteiger partial charge on any atom is 0.117 e. The van der Waals surface area contributed by atoms with Gasteiger partial charge in [0.05, 0.1) is 11.4 Å². The van der Waals surface area contributed by atoms with Crippen molar-refractivity contribution < 1.29 is 0 Å². The molecule has 1 fully saturated rings. The Balaban J connectivity index is 1.97. The predicted molar refractivity (Wildman–Crippen MR) is 63.5 cm³/mol. The van der Waals surface area contributed by atoms with Crippen molar-refractivity contribution in [3.8, 4) is 0 Å². The van der Waals surface area contributed by atoms with Gasteiger partial charge in [0, 0.05) is 26.5 Å². The Labute approximate surface area is 97.4 Å². The molecule has 0 N–H and O–H groups in total. The summed E-state index contributed by atoms with van der Waals surface area (Å²) in [6.45, 7) is 4.52. The van der Waals surface area contributed by atoms with E-state index in [9.17, 15) is 0 Å². The molecule has 16 heavy (non-hydrogen) atoms. The molecule has 0 amide bonds. The molecule has 2 unspecified atom stereocenters. The van der Waals surface area contributed by atoms with Crippen LogP contribution in [-0.2, 0) is 0 Å². The van der Waals surface area contributed by atoms with Crippen LogP contribution in [0.25, 0.3) is 0 Å². The molecule has 4 nitrogen and oxygen atoms in total. The zero-order valence-corrected chi connectivity index (χ0v) is 10.5. The van der Waals surface area contributed by atoms with Crippen LogP contribution in [0, 0.1) is 0 Å². The standard InChI is InChI=1S/C12H20N4/c1-9-13(3)7-11-5-6-12-8-14(4)10(2)16(12)15(9)11/h7-10H,5-6H2,1-4H3. The van der Waals surface area contributed by atoms with Crippen LogP contribution in [0.15, 0.2) is 23.8 Å². The van der Waals surface area contributed by atoms with Gasteiger partial charge in [-0.15, -0.1) is 0 Å². The average molecular weight is 220 g/mol. The van der Waals surface area contributed by atoms with Crippen molar-refractivity contribution in [2.45, 2.75) is 39.0 Å². The van der Waals surface area contributed by atoms with E-state index in [0.29, 0.717) is 12.3 Å². The summed E-state index contributed by atoms with van der Waals surface area (Å²) >= 11 is 0. The zero-order valence-electron chi connectivity index (χ0n) is 10.5. The summed E-state index contributed by atoms with van der Waals surface area (Å²) in [5.41, 5.74) is 2.91. The molecule has 0 aliphatic carbocycles. The molecule has 88 valence electrons. The molecule has 0 bridgehead atoms. The van der Waals surface area contributed by atoms with Crippen LogP contribution in [0.4, 0.5) is 0 Å². The van der Waals surface area contributed by atoms with Crippen LogP contribution in [0.1, 0.15) is 26.7 Å². The lowest BCUT2D eigenvalue weighted by molar-refractivity contribution is -0.0697. The normalized spacial score (nSPS) is 32.8. The molecule has 4 heteroatoms. The van der Waals surface area contributed by atoms with E-state index in [1.165, 1.54) is 11.4 Å². The second-order valence-electron chi connectivity index (χ2n) is 5.02. The lowest BCUT2D eigenvalue weighted by Crippen LogP contribution is -2.52. The first kappa shape index (κ1) is 9.87. The molecule has 0 aromatic heterocycles. The average Bonchev–Trinajstić information content (AvgIpc) is 2.69. The Morgan fingerprint density at radius 1 is 0.875 bits per heavy atom. The zero-order chi connectivity index (χ0) is 11.4. The third kappa shape index (κ3) is 1.10. The molecule has 2 atom stereocenters. The first-order valence-electron chi connectivity index (χ1n) is 6.03. The van der Waals surface area contributed by atoms with Gasteiger partial charge in [-0.2, -0.15) is 0 Å². The van der Waals surface area contributed by atoms with Gasteiger partial charge in [0.1, 0.15) is 12.3 Å². The molecular weight excluding hydrogens is 200 g/mol. The number of hydrogen-bond acceptors (Lipinski definition) is 4. The fraction of sp³-hybridized carbons (Fsp3) is 0.667. The SMILES string of the molecule is CC1N(C)C=C2CCC3=CN(C)C(C)N3N21. The molecule has 1 saturated heterocycles.